The van der Waals surface area contributed by atoms with Gasteiger partial charge in [0.15, 0.2) is 0 Å². The maximum Gasteiger partial charge on any atom is 0.0771 e. The average Bonchev–Trinajstić information content (AvgIpc) is 2.55. The summed E-state index contributed by atoms with van der Waals surface area (Å²) in [4.78, 5) is 0. The summed E-state index contributed by atoms with van der Waals surface area (Å²) in [6, 6.07) is 0. The zero-order valence-electron chi connectivity index (χ0n) is 7.94. The molecule has 1 saturated carbocycles. The van der Waals surface area contributed by atoms with E-state index < -0.39 is 0 Å². The molecule has 0 aliphatic heterocycles. The molecular weight excluding hydrogens is 263 g/mol. The SMILES string of the molecule is CCCCOC1(CI)CCCC1. The molecule has 0 unspecified atom stereocenters. The Morgan fingerprint density at radius 2 is 2.00 bits per heavy atom. The van der Waals surface area contributed by atoms with E-state index in [9.17, 15) is 0 Å². The topological polar surface area (TPSA) is 9.23 Å². The Balaban J connectivity index is 2.24. The normalized spacial score (nSPS) is 21.5. The molecule has 72 valence electrons. The summed E-state index contributed by atoms with van der Waals surface area (Å²) in [5, 5.41) is 0. The van der Waals surface area contributed by atoms with Crippen LogP contribution in [0.2, 0.25) is 0 Å². The fourth-order valence-electron chi connectivity index (χ4n) is 1.77. The van der Waals surface area contributed by atoms with Crippen molar-refractivity contribution in [3.8, 4) is 0 Å². The van der Waals surface area contributed by atoms with Gasteiger partial charge in [0.05, 0.1) is 5.60 Å². The second-order valence-corrected chi connectivity index (χ2v) is 4.49. The third-order valence-corrected chi connectivity index (χ3v) is 4.05. The second kappa shape index (κ2) is 5.43. The van der Waals surface area contributed by atoms with Crippen LogP contribution < -0.4 is 0 Å². The van der Waals surface area contributed by atoms with E-state index in [1.54, 1.807) is 0 Å². The summed E-state index contributed by atoms with van der Waals surface area (Å²) in [5.74, 6) is 0. The number of hydrogen-bond acceptors (Lipinski definition) is 1. The summed E-state index contributed by atoms with van der Waals surface area (Å²) in [7, 11) is 0. The van der Waals surface area contributed by atoms with Gasteiger partial charge in [0.2, 0.25) is 0 Å². The van der Waals surface area contributed by atoms with Crippen LogP contribution in [-0.2, 0) is 4.74 Å². The van der Waals surface area contributed by atoms with Gasteiger partial charge in [0, 0.05) is 11.0 Å². The van der Waals surface area contributed by atoms with Gasteiger partial charge < -0.3 is 4.74 Å². The number of rotatable bonds is 5. The predicted octanol–water partition coefficient (Wildman–Crippen LogP) is 3.55. The van der Waals surface area contributed by atoms with E-state index in [0.29, 0.717) is 0 Å². The van der Waals surface area contributed by atoms with E-state index in [-0.39, 0.29) is 5.60 Å². The van der Waals surface area contributed by atoms with Gasteiger partial charge in [-0.1, -0.05) is 48.8 Å². The van der Waals surface area contributed by atoms with E-state index in [1.807, 2.05) is 0 Å². The quantitative estimate of drug-likeness (QED) is 0.425. The molecule has 0 heterocycles. The summed E-state index contributed by atoms with van der Waals surface area (Å²) in [6.07, 6.45) is 7.79. The highest BCUT2D eigenvalue weighted by Gasteiger charge is 2.33. The van der Waals surface area contributed by atoms with Gasteiger partial charge in [-0.15, -0.1) is 0 Å². The van der Waals surface area contributed by atoms with Crippen molar-refractivity contribution in [3.63, 3.8) is 0 Å². The standard InChI is InChI=1S/C10H19IO/c1-2-3-8-12-10(9-11)6-4-5-7-10/h2-9H2,1H3. The van der Waals surface area contributed by atoms with Gasteiger partial charge in [-0.3, -0.25) is 0 Å². The minimum atomic E-state index is 0.274. The number of ether oxygens (including phenoxy) is 1. The molecule has 0 spiro atoms. The summed E-state index contributed by atoms with van der Waals surface area (Å²) in [5.41, 5.74) is 0.274. The Hall–Kier alpha value is 0.690. The lowest BCUT2D eigenvalue weighted by Crippen LogP contribution is -2.31. The molecule has 1 nitrogen and oxygen atoms in total. The molecule has 0 radical (unpaired) electrons. The molecule has 0 atom stereocenters. The lowest BCUT2D eigenvalue weighted by atomic mass is 10.1. The van der Waals surface area contributed by atoms with E-state index >= 15 is 0 Å². The first kappa shape index (κ1) is 10.8. The van der Waals surface area contributed by atoms with Crippen LogP contribution in [-0.4, -0.2) is 16.6 Å². The zero-order valence-corrected chi connectivity index (χ0v) is 10.1. The molecule has 0 aromatic carbocycles. The monoisotopic (exact) mass is 282 g/mol. The van der Waals surface area contributed by atoms with E-state index in [0.717, 1.165) is 6.61 Å². The molecule has 12 heavy (non-hydrogen) atoms. The number of alkyl halides is 1. The Morgan fingerprint density at radius 1 is 1.33 bits per heavy atom. The molecule has 0 N–H and O–H groups in total. The van der Waals surface area contributed by atoms with Crippen molar-refractivity contribution >= 4 is 22.6 Å². The molecule has 2 heteroatoms. The van der Waals surface area contributed by atoms with Gasteiger partial charge in [0.25, 0.3) is 0 Å². The molecule has 1 aliphatic rings. The van der Waals surface area contributed by atoms with Gasteiger partial charge >= 0.3 is 0 Å². The molecular formula is C10H19IO. The van der Waals surface area contributed by atoms with Crippen molar-refractivity contribution in [2.75, 3.05) is 11.0 Å². The molecule has 0 amide bonds. The molecule has 1 fully saturated rings. The van der Waals surface area contributed by atoms with Crippen molar-refractivity contribution in [1.29, 1.82) is 0 Å². The third kappa shape index (κ3) is 2.87. The zero-order chi connectivity index (χ0) is 8.86. The number of halogens is 1. The summed E-state index contributed by atoms with van der Waals surface area (Å²) in [6.45, 7) is 3.19. The first-order valence-corrected chi connectivity index (χ1v) is 6.55. The minimum Gasteiger partial charge on any atom is -0.374 e. The van der Waals surface area contributed by atoms with Crippen molar-refractivity contribution in [1.82, 2.24) is 0 Å². The lowest BCUT2D eigenvalue weighted by molar-refractivity contribution is -0.0212. The van der Waals surface area contributed by atoms with Gasteiger partial charge in [0.1, 0.15) is 0 Å². The fraction of sp³-hybridized carbons (Fsp3) is 1.00. The Bertz CT molecular complexity index is 119. The molecule has 0 saturated heterocycles. The van der Waals surface area contributed by atoms with Gasteiger partial charge in [-0.2, -0.15) is 0 Å². The molecule has 0 aromatic heterocycles. The van der Waals surface area contributed by atoms with E-state index in [1.165, 1.54) is 43.0 Å². The first-order valence-electron chi connectivity index (χ1n) is 5.03. The average molecular weight is 282 g/mol. The maximum absolute atomic E-state index is 5.97. The smallest absolute Gasteiger partial charge is 0.0771 e. The van der Waals surface area contributed by atoms with Crippen LogP contribution in [0.3, 0.4) is 0 Å². The van der Waals surface area contributed by atoms with Crippen LogP contribution in [0.1, 0.15) is 45.4 Å². The molecule has 1 rings (SSSR count). The van der Waals surface area contributed by atoms with Crippen molar-refractivity contribution in [2.24, 2.45) is 0 Å². The van der Waals surface area contributed by atoms with Crippen LogP contribution >= 0.6 is 22.6 Å². The Morgan fingerprint density at radius 3 is 2.50 bits per heavy atom. The Labute approximate surface area is 89.4 Å². The lowest BCUT2D eigenvalue weighted by Gasteiger charge is -2.27. The highest BCUT2D eigenvalue weighted by Crippen LogP contribution is 2.34. The van der Waals surface area contributed by atoms with E-state index in [4.69, 9.17) is 4.74 Å². The fourth-order valence-corrected chi connectivity index (χ4v) is 2.75. The predicted molar refractivity (Wildman–Crippen MR) is 60.9 cm³/mol. The van der Waals surface area contributed by atoms with Crippen molar-refractivity contribution in [2.45, 2.75) is 51.0 Å². The summed E-state index contributed by atoms with van der Waals surface area (Å²) < 4.78 is 7.15. The number of hydrogen-bond donors (Lipinski definition) is 0. The summed E-state index contributed by atoms with van der Waals surface area (Å²) >= 11 is 2.47. The minimum absolute atomic E-state index is 0.274. The largest absolute Gasteiger partial charge is 0.374 e. The van der Waals surface area contributed by atoms with Crippen LogP contribution in [0.4, 0.5) is 0 Å². The van der Waals surface area contributed by atoms with Gasteiger partial charge in [-0.05, 0) is 19.3 Å². The molecule has 0 aromatic rings. The number of unbranched alkanes of at least 4 members (excludes halogenated alkanes) is 1. The van der Waals surface area contributed by atoms with Crippen LogP contribution in [0.5, 0.6) is 0 Å². The first-order chi connectivity index (χ1) is 5.83. The molecule has 0 bridgehead atoms. The molecule has 1 aliphatic carbocycles. The second-order valence-electron chi connectivity index (χ2n) is 3.73. The maximum atomic E-state index is 5.97. The van der Waals surface area contributed by atoms with Crippen LogP contribution in [0.15, 0.2) is 0 Å². The highest BCUT2D eigenvalue weighted by atomic mass is 127. The van der Waals surface area contributed by atoms with Gasteiger partial charge in [-0.25, -0.2) is 0 Å². The van der Waals surface area contributed by atoms with Crippen LogP contribution in [0, 0.1) is 0 Å². The highest BCUT2D eigenvalue weighted by molar-refractivity contribution is 14.1. The van der Waals surface area contributed by atoms with Crippen LogP contribution in [0.25, 0.3) is 0 Å². The van der Waals surface area contributed by atoms with Crippen molar-refractivity contribution in [3.05, 3.63) is 0 Å². The van der Waals surface area contributed by atoms with Crippen molar-refractivity contribution < 1.29 is 4.74 Å². The Kier molecular flexibility index (Phi) is 4.87. The third-order valence-electron chi connectivity index (χ3n) is 2.66. The van der Waals surface area contributed by atoms with E-state index in [2.05, 4.69) is 29.5 Å².